The van der Waals surface area contributed by atoms with Crippen molar-refractivity contribution in [2.45, 2.75) is 20.4 Å². The van der Waals surface area contributed by atoms with Crippen LogP contribution in [0.4, 0.5) is 5.69 Å². The van der Waals surface area contributed by atoms with Gasteiger partial charge in [0.05, 0.1) is 28.6 Å². The summed E-state index contributed by atoms with van der Waals surface area (Å²) < 4.78 is 3.34. The number of nitrogens with zero attached hydrogens (tertiary/aromatic N) is 4. The molecule has 1 amide bonds. The lowest BCUT2D eigenvalue weighted by molar-refractivity contribution is 0.102. The molecule has 0 fully saturated rings. The topological polar surface area (TPSA) is 64.7 Å². The van der Waals surface area contributed by atoms with Crippen molar-refractivity contribution in [1.29, 1.82) is 0 Å². The highest BCUT2D eigenvalue weighted by Crippen LogP contribution is 2.23. The van der Waals surface area contributed by atoms with Gasteiger partial charge in [0.25, 0.3) is 5.91 Å². The number of carbonyl (C=O) groups is 1. The third-order valence-corrected chi connectivity index (χ3v) is 4.39. The maximum atomic E-state index is 12.4. The summed E-state index contributed by atoms with van der Waals surface area (Å²) in [7, 11) is 1.71. The number of halogens is 2. The van der Waals surface area contributed by atoms with E-state index in [9.17, 15) is 4.79 Å². The molecule has 0 unspecified atom stereocenters. The Morgan fingerprint density at radius 2 is 1.84 bits per heavy atom. The van der Waals surface area contributed by atoms with Gasteiger partial charge in [0.1, 0.15) is 0 Å². The highest BCUT2D eigenvalue weighted by molar-refractivity contribution is 6.34. The number of hydrogen-bond donors (Lipinski definition) is 1. The molecule has 3 rings (SSSR count). The zero-order valence-electron chi connectivity index (χ0n) is 14.0. The Balaban J connectivity index is 1.83. The summed E-state index contributed by atoms with van der Waals surface area (Å²) in [6, 6.07) is 7.58. The van der Waals surface area contributed by atoms with Crippen LogP contribution in [0.25, 0.3) is 0 Å². The summed E-state index contributed by atoms with van der Waals surface area (Å²) in [4.78, 5) is 12.4. The highest BCUT2D eigenvalue weighted by atomic mass is 35.5. The first kappa shape index (κ1) is 17.5. The molecule has 0 saturated heterocycles. The number of aromatic nitrogens is 4. The van der Waals surface area contributed by atoms with E-state index in [0.717, 1.165) is 17.0 Å². The fraction of sp³-hybridized carbons (Fsp3) is 0.235. The number of amides is 1. The maximum Gasteiger partial charge on any atom is 0.277 e. The first-order valence-electron chi connectivity index (χ1n) is 7.64. The van der Waals surface area contributed by atoms with Crippen LogP contribution in [0.5, 0.6) is 0 Å². The SMILES string of the molecule is Cc1nn(Cc2ccc(Cl)cc2)c(C)c1NC(=O)c1nn(C)cc1Cl. The van der Waals surface area contributed by atoms with Crippen LogP contribution < -0.4 is 5.32 Å². The number of nitrogens with one attached hydrogen (secondary N) is 1. The standard InChI is InChI=1S/C17H17Cl2N5O/c1-10-15(20-17(25)16-14(19)9-23(3)22-16)11(2)24(21-10)8-12-4-6-13(18)7-5-12/h4-7,9H,8H2,1-3H3,(H,20,25). The van der Waals surface area contributed by atoms with E-state index >= 15 is 0 Å². The monoisotopic (exact) mass is 377 g/mol. The van der Waals surface area contributed by atoms with Crippen LogP contribution in [-0.4, -0.2) is 25.5 Å². The van der Waals surface area contributed by atoms with Gasteiger partial charge in [-0.25, -0.2) is 0 Å². The summed E-state index contributed by atoms with van der Waals surface area (Å²) in [5.74, 6) is -0.358. The third-order valence-electron chi connectivity index (χ3n) is 3.86. The molecule has 3 aromatic rings. The molecule has 0 radical (unpaired) electrons. The van der Waals surface area contributed by atoms with Crippen molar-refractivity contribution in [3.05, 3.63) is 63.2 Å². The minimum absolute atomic E-state index is 0.188. The van der Waals surface area contributed by atoms with Gasteiger partial charge < -0.3 is 5.32 Å². The molecule has 2 aromatic heterocycles. The van der Waals surface area contributed by atoms with Crippen LogP contribution >= 0.6 is 23.2 Å². The van der Waals surface area contributed by atoms with Gasteiger partial charge in [-0.15, -0.1) is 0 Å². The van der Waals surface area contributed by atoms with Crippen molar-refractivity contribution in [2.24, 2.45) is 7.05 Å². The van der Waals surface area contributed by atoms with Gasteiger partial charge in [-0.1, -0.05) is 35.3 Å². The van der Waals surface area contributed by atoms with Gasteiger partial charge in [0.15, 0.2) is 5.69 Å². The predicted molar refractivity (Wildman–Crippen MR) is 98.4 cm³/mol. The van der Waals surface area contributed by atoms with E-state index in [1.54, 1.807) is 13.2 Å². The Kier molecular flexibility index (Phi) is 4.83. The maximum absolute atomic E-state index is 12.4. The molecular weight excluding hydrogens is 361 g/mol. The lowest BCUT2D eigenvalue weighted by atomic mass is 10.2. The Labute approximate surface area is 155 Å². The minimum Gasteiger partial charge on any atom is -0.317 e. The fourth-order valence-electron chi connectivity index (χ4n) is 2.58. The molecule has 0 aliphatic rings. The normalized spacial score (nSPS) is 10.9. The quantitative estimate of drug-likeness (QED) is 0.750. The van der Waals surface area contributed by atoms with Gasteiger partial charge in [-0.2, -0.15) is 10.2 Å². The van der Waals surface area contributed by atoms with Crippen molar-refractivity contribution >= 4 is 34.8 Å². The first-order valence-corrected chi connectivity index (χ1v) is 8.39. The number of carbonyl (C=O) groups excluding carboxylic acids is 1. The number of anilines is 1. The van der Waals surface area contributed by atoms with Gasteiger partial charge in [-0.3, -0.25) is 14.2 Å². The largest absolute Gasteiger partial charge is 0.317 e. The lowest BCUT2D eigenvalue weighted by Crippen LogP contribution is -2.15. The molecule has 0 aliphatic carbocycles. The molecule has 1 aromatic carbocycles. The molecule has 8 heteroatoms. The zero-order chi connectivity index (χ0) is 18.1. The second kappa shape index (κ2) is 6.90. The number of hydrogen-bond acceptors (Lipinski definition) is 3. The number of rotatable bonds is 4. The molecule has 25 heavy (non-hydrogen) atoms. The summed E-state index contributed by atoms with van der Waals surface area (Å²) in [6.45, 7) is 4.34. The molecule has 0 saturated carbocycles. The summed E-state index contributed by atoms with van der Waals surface area (Å²) in [5, 5.41) is 12.5. The van der Waals surface area contributed by atoms with E-state index in [1.165, 1.54) is 4.68 Å². The van der Waals surface area contributed by atoms with Crippen LogP contribution in [0.1, 0.15) is 27.4 Å². The van der Waals surface area contributed by atoms with Gasteiger partial charge in [0, 0.05) is 18.3 Å². The van der Waals surface area contributed by atoms with E-state index in [-0.39, 0.29) is 11.6 Å². The number of aryl methyl sites for hydroxylation is 2. The molecule has 130 valence electrons. The van der Waals surface area contributed by atoms with E-state index in [0.29, 0.717) is 22.3 Å². The van der Waals surface area contributed by atoms with E-state index < -0.39 is 0 Å². The minimum atomic E-state index is -0.358. The Bertz CT molecular complexity index is 927. The third kappa shape index (κ3) is 3.70. The second-order valence-corrected chi connectivity index (χ2v) is 6.63. The van der Waals surface area contributed by atoms with Crippen molar-refractivity contribution < 1.29 is 4.79 Å². The van der Waals surface area contributed by atoms with Crippen molar-refractivity contribution in [3.63, 3.8) is 0 Å². The highest BCUT2D eigenvalue weighted by Gasteiger charge is 2.19. The molecule has 6 nitrogen and oxygen atoms in total. The lowest BCUT2D eigenvalue weighted by Gasteiger charge is -2.07. The van der Waals surface area contributed by atoms with Crippen LogP contribution in [0.15, 0.2) is 30.5 Å². The molecule has 0 atom stereocenters. The molecule has 0 spiro atoms. The van der Waals surface area contributed by atoms with Crippen molar-refractivity contribution in [3.8, 4) is 0 Å². The second-order valence-electron chi connectivity index (χ2n) is 5.78. The van der Waals surface area contributed by atoms with E-state index in [4.69, 9.17) is 23.2 Å². The van der Waals surface area contributed by atoms with Crippen LogP contribution in [0.2, 0.25) is 10.0 Å². The van der Waals surface area contributed by atoms with Crippen molar-refractivity contribution in [2.75, 3.05) is 5.32 Å². The molecule has 1 N–H and O–H groups in total. The van der Waals surface area contributed by atoms with Gasteiger partial charge >= 0.3 is 0 Å². The van der Waals surface area contributed by atoms with Gasteiger partial charge in [-0.05, 0) is 31.5 Å². The van der Waals surface area contributed by atoms with E-state index in [1.807, 2.05) is 42.8 Å². The van der Waals surface area contributed by atoms with Gasteiger partial charge in [0.2, 0.25) is 0 Å². The Morgan fingerprint density at radius 3 is 2.44 bits per heavy atom. The number of benzene rings is 1. The summed E-state index contributed by atoms with van der Waals surface area (Å²) in [5.41, 5.74) is 3.51. The Morgan fingerprint density at radius 1 is 1.16 bits per heavy atom. The molecule has 2 heterocycles. The summed E-state index contributed by atoms with van der Waals surface area (Å²) in [6.07, 6.45) is 1.58. The van der Waals surface area contributed by atoms with Crippen LogP contribution in [0.3, 0.4) is 0 Å². The van der Waals surface area contributed by atoms with Crippen LogP contribution in [0, 0.1) is 13.8 Å². The van der Waals surface area contributed by atoms with Crippen molar-refractivity contribution in [1.82, 2.24) is 19.6 Å². The fourth-order valence-corrected chi connectivity index (χ4v) is 2.97. The predicted octanol–water partition coefficient (Wildman–Crippen LogP) is 3.84. The summed E-state index contributed by atoms with van der Waals surface area (Å²) >= 11 is 12.0. The average Bonchev–Trinajstić information content (AvgIpc) is 3.03. The first-order chi connectivity index (χ1) is 11.8. The average molecular weight is 378 g/mol. The zero-order valence-corrected chi connectivity index (χ0v) is 15.6. The molecular formula is C17H17Cl2N5O. The smallest absolute Gasteiger partial charge is 0.277 e. The van der Waals surface area contributed by atoms with Crippen LogP contribution in [-0.2, 0) is 13.6 Å². The molecule has 0 bridgehead atoms. The van der Waals surface area contributed by atoms with E-state index in [2.05, 4.69) is 15.5 Å². The molecule has 0 aliphatic heterocycles. The Hall–Kier alpha value is -2.31.